The first-order chi connectivity index (χ1) is 11.1. The molecular formula is C18H14Cl2N2O. The Bertz CT molecular complexity index is 820. The van der Waals surface area contributed by atoms with Gasteiger partial charge in [-0.1, -0.05) is 35.3 Å². The first kappa shape index (κ1) is 15.8. The number of rotatable bonds is 4. The smallest absolute Gasteiger partial charge is 0.138 e. The van der Waals surface area contributed by atoms with Gasteiger partial charge in [0.2, 0.25) is 0 Å². The molecule has 0 amide bonds. The molecule has 2 heterocycles. The van der Waals surface area contributed by atoms with Crippen LogP contribution < -0.4 is 4.74 Å². The van der Waals surface area contributed by atoms with Crippen molar-refractivity contribution in [3.8, 4) is 16.9 Å². The van der Waals surface area contributed by atoms with E-state index in [-0.39, 0.29) is 0 Å². The van der Waals surface area contributed by atoms with Gasteiger partial charge in [0.1, 0.15) is 12.4 Å². The summed E-state index contributed by atoms with van der Waals surface area (Å²) >= 11 is 12.0. The van der Waals surface area contributed by atoms with E-state index in [9.17, 15) is 0 Å². The predicted molar refractivity (Wildman–Crippen MR) is 93.0 cm³/mol. The van der Waals surface area contributed by atoms with Crippen molar-refractivity contribution in [2.45, 2.75) is 13.5 Å². The fourth-order valence-corrected chi connectivity index (χ4v) is 2.56. The van der Waals surface area contributed by atoms with Crippen LogP contribution in [-0.4, -0.2) is 9.97 Å². The van der Waals surface area contributed by atoms with Crippen LogP contribution in [0.1, 0.15) is 11.3 Å². The van der Waals surface area contributed by atoms with Crippen LogP contribution in [0.2, 0.25) is 10.0 Å². The van der Waals surface area contributed by atoms with Gasteiger partial charge in [-0.05, 0) is 31.2 Å². The number of halogens is 2. The molecule has 0 atom stereocenters. The molecule has 5 heteroatoms. The zero-order valence-electron chi connectivity index (χ0n) is 12.5. The standard InChI is InChI=1S/C18H14Cl2N2O/c1-12-2-3-13(9-22-12)15-6-17(10-21-8-15)23-11-14-4-5-16(19)7-18(14)20/h2-10H,11H2,1H3. The Morgan fingerprint density at radius 2 is 1.83 bits per heavy atom. The van der Waals surface area contributed by atoms with Gasteiger partial charge in [0.25, 0.3) is 0 Å². The van der Waals surface area contributed by atoms with Crippen LogP contribution in [0, 0.1) is 6.92 Å². The largest absolute Gasteiger partial charge is 0.487 e. The van der Waals surface area contributed by atoms with E-state index in [1.165, 1.54) is 0 Å². The summed E-state index contributed by atoms with van der Waals surface area (Å²) in [7, 11) is 0. The van der Waals surface area contributed by atoms with Crippen molar-refractivity contribution >= 4 is 23.2 Å². The molecule has 0 N–H and O–H groups in total. The van der Waals surface area contributed by atoms with Crippen molar-refractivity contribution in [2.75, 3.05) is 0 Å². The van der Waals surface area contributed by atoms with Crippen molar-refractivity contribution in [3.63, 3.8) is 0 Å². The lowest BCUT2D eigenvalue weighted by Gasteiger charge is -2.09. The summed E-state index contributed by atoms with van der Waals surface area (Å²) in [5.41, 5.74) is 3.81. The number of aryl methyl sites for hydroxylation is 1. The van der Waals surface area contributed by atoms with Gasteiger partial charge in [-0.2, -0.15) is 0 Å². The van der Waals surface area contributed by atoms with E-state index in [1.807, 2.05) is 37.4 Å². The molecule has 23 heavy (non-hydrogen) atoms. The molecule has 0 aliphatic rings. The Balaban J connectivity index is 1.76. The van der Waals surface area contributed by atoms with Gasteiger partial charge in [0.15, 0.2) is 0 Å². The predicted octanol–water partition coefficient (Wildman–Crippen LogP) is 5.34. The summed E-state index contributed by atoms with van der Waals surface area (Å²) in [5, 5.41) is 1.19. The zero-order valence-corrected chi connectivity index (χ0v) is 14.0. The number of hydrogen-bond donors (Lipinski definition) is 0. The average Bonchev–Trinajstić information content (AvgIpc) is 2.55. The molecule has 0 radical (unpaired) electrons. The third-order valence-electron chi connectivity index (χ3n) is 3.37. The first-order valence-corrected chi connectivity index (χ1v) is 7.82. The quantitative estimate of drug-likeness (QED) is 0.640. The van der Waals surface area contributed by atoms with Crippen molar-refractivity contribution in [3.05, 3.63) is 76.3 Å². The summed E-state index contributed by atoms with van der Waals surface area (Å²) in [6.45, 7) is 2.31. The Morgan fingerprint density at radius 3 is 2.57 bits per heavy atom. The topological polar surface area (TPSA) is 35.0 Å². The maximum Gasteiger partial charge on any atom is 0.138 e. The van der Waals surface area contributed by atoms with Gasteiger partial charge in [0.05, 0.1) is 6.20 Å². The van der Waals surface area contributed by atoms with E-state index in [0.29, 0.717) is 22.4 Å². The molecular weight excluding hydrogens is 331 g/mol. The third-order valence-corrected chi connectivity index (χ3v) is 3.95. The highest BCUT2D eigenvalue weighted by Gasteiger charge is 2.05. The van der Waals surface area contributed by atoms with Gasteiger partial charge in [-0.3, -0.25) is 9.97 Å². The fraction of sp³-hybridized carbons (Fsp3) is 0.111. The molecule has 0 aliphatic carbocycles. The highest BCUT2D eigenvalue weighted by atomic mass is 35.5. The monoisotopic (exact) mass is 344 g/mol. The third kappa shape index (κ3) is 4.01. The normalized spacial score (nSPS) is 10.6. The van der Waals surface area contributed by atoms with Crippen molar-refractivity contribution < 1.29 is 4.74 Å². The highest BCUT2D eigenvalue weighted by molar-refractivity contribution is 6.35. The summed E-state index contributed by atoms with van der Waals surface area (Å²) in [5.74, 6) is 0.675. The summed E-state index contributed by atoms with van der Waals surface area (Å²) in [6, 6.07) is 11.3. The summed E-state index contributed by atoms with van der Waals surface area (Å²) in [4.78, 5) is 8.53. The van der Waals surface area contributed by atoms with Gasteiger partial charge in [0, 0.05) is 44.8 Å². The molecule has 1 aromatic carbocycles. The van der Waals surface area contributed by atoms with E-state index >= 15 is 0 Å². The number of aromatic nitrogens is 2. The number of hydrogen-bond acceptors (Lipinski definition) is 3. The molecule has 3 aromatic rings. The van der Waals surface area contributed by atoms with E-state index < -0.39 is 0 Å². The van der Waals surface area contributed by atoms with Gasteiger partial charge in [-0.25, -0.2) is 0 Å². The summed E-state index contributed by atoms with van der Waals surface area (Å²) in [6.07, 6.45) is 5.29. The second kappa shape index (κ2) is 6.99. The van der Waals surface area contributed by atoms with Crippen LogP contribution in [0.5, 0.6) is 5.75 Å². The Morgan fingerprint density at radius 1 is 0.957 bits per heavy atom. The maximum absolute atomic E-state index is 6.15. The lowest BCUT2D eigenvalue weighted by atomic mass is 10.1. The van der Waals surface area contributed by atoms with Crippen molar-refractivity contribution in [2.24, 2.45) is 0 Å². The molecule has 0 aliphatic heterocycles. The highest BCUT2D eigenvalue weighted by Crippen LogP contribution is 2.25. The minimum Gasteiger partial charge on any atom is -0.487 e. The molecule has 3 nitrogen and oxygen atoms in total. The summed E-state index contributed by atoms with van der Waals surface area (Å²) < 4.78 is 5.79. The van der Waals surface area contributed by atoms with Crippen LogP contribution >= 0.6 is 23.2 Å². The van der Waals surface area contributed by atoms with Crippen LogP contribution in [0.3, 0.4) is 0 Å². The van der Waals surface area contributed by atoms with Gasteiger partial charge in [-0.15, -0.1) is 0 Å². The van der Waals surface area contributed by atoms with E-state index in [4.69, 9.17) is 27.9 Å². The number of nitrogens with zero attached hydrogens (tertiary/aromatic N) is 2. The number of benzene rings is 1. The molecule has 0 saturated heterocycles. The molecule has 2 aromatic heterocycles. The number of pyridine rings is 2. The fourth-order valence-electron chi connectivity index (χ4n) is 2.09. The maximum atomic E-state index is 6.15. The van der Waals surface area contributed by atoms with Gasteiger partial charge < -0.3 is 4.74 Å². The minimum absolute atomic E-state index is 0.354. The SMILES string of the molecule is Cc1ccc(-c2cncc(OCc3ccc(Cl)cc3Cl)c2)cn1. The molecule has 3 rings (SSSR count). The van der Waals surface area contributed by atoms with E-state index in [0.717, 1.165) is 22.4 Å². The van der Waals surface area contributed by atoms with E-state index in [2.05, 4.69) is 9.97 Å². The lowest BCUT2D eigenvalue weighted by Crippen LogP contribution is -1.97. The molecule has 0 unspecified atom stereocenters. The molecule has 0 spiro atoms. The van der Waals surface area contributed by atoms with Gasteiger partial charge >= 0.3 is 0 Å². The minimum atomic E-state index is 0.354. The first-order valence-electron chi connectivity index (χ1n) is 7.06. The Kier molecular flexibility index (Phi) is 4.79. The zero-order chi connectivity index (χ0) is 16.2. The van der Waals surface area contributed by atoms with E-state index in [1.54, 1.807) is 24.5 Å². The van der Waals surface area contributed by atoms with Crippen molar-refractivity contribution in [1.29, 1.82) is 0 Å². The Labute approximate surface area is 144 Å². The van der Waals surface area contributed by atoms with Crippen LogP contribution in [-0.2, 0) is 6.61 Å². The van der Waals surface area contributed by atoms with Crippen LogP contribution in [0.15, 0.2) is 55.0 Å². The second-order valence-corrected chi connectivity index (χ2v) is 5.97. The number of ether oxygens (including phenoxy) is 1. The lowest BCUT2D eigenvalue weighted by molar-refractivity contribution is 0.305. The molecule has 0 fully saturated rings. The van der Waals surface area contributed by atoms with Crippen LogP contribution in [0.4, 0.5) is 0 Å². The average molecular weight is 345 g/mol. The molecule has 0 bridgehead atoms. The Hall–Kier alpha value is -2.10. The molecule has 0 saturated carbocycles. The second-order valence-electron chi connectivity index (χ2n) is 5.12. The van der Waals surface area contributed by atoms with Crippen molar-refractivity contribution in [1.82, 2.24) is 9.97 Å². The van der Waals surface area contributed by atoms with Crippen LogP contribution in [0.25, 0.3) is 11.1 Å². The molecule has 116 valence electrons.